The number of ether oxygens (including phenoxy) is 2. The summed E-state index contributed by atoms with van der Waals surface area (Å²) < 4.78 is 11.2. The molecule has 1 aliphatic rings. The number of allylic oxidation sites excluding steroid dienone is 2. The highest BCUT2D eigenvalue weighted by Gasteiger charge is 2.50. The lowest BCUT2D eigenvalue weighted by molar-refractivity contribution is 0.414. The SMILES string of the molecule is COc1ccc(C2=C(c3ccccc3)C(c3ccccc3)=C(c3ccc(OC)cc3)[SH]2(C)(C)c2ccccc2)cc1. The molecule has 0 aromatic heterocycles. The molecule has 0 unspecified atom stereocenters. The second kappa shape index (κ2) is 10.5. The molecular formula is C38H36O2S. The van der Waals surface area contributed by atoms with Crippen LogP contribution in [0.5, 0.6) is 11.5 Å². The van der Waals surface area contributed by atoms with E-state index in [2.05, 4.69) is 152 Å². The molecule has 0 saturated carbocycles. The number of hydrogen-bond acceptors (Lipinski definition) is 2. The first kappa shape index (κ1) is 26.7. The maximum Gasteiger partial charge on any atom is 0.118 e. The summed E-state index contributed by atoms with van der Waals surface area (Å²) in [4.78, 5) is 4.14. The first-order valence-corrected chi connectivity index (χ1v) is 17.0. The van der Waals surface area contributed by atoms with E-state index in [0.717, 1.165) is 11.5 Å². The van der Waals surface area contributed by atoms with Crippen molar-refractivity contribution in [3.63, 3.8) is 0 Å². The number of rotatable bonds is 7. The van der Waals surface area contributed by atoms with Crippen LogP contribution < -0.4 is 9.47 Å². The first-order valence-electron chi connectivity index (χ1n) is 13.9. The number of methoxy groups -OCH3 is 2. The topological polar surface area (TPSA) is 18.5 Å². The van der Waals surface area contributed by atoms with Crippen LogP contribution >= 0.6 is 9.16 Å². The lowest BCUT2D eigenvalue weighted by Gasteiger charge is -2.57. The van der Waals surface area contributed by atoms with Crippen LogP contribution in [0.25, 0.3) is 21.0 Å². The standard InChI is InChI=1S/C38H36O2S/c1-39-32-24-20-30(21-25-32)37-35(28-14-8-5-9-15-28)36(29-16-10-6-11-17-29)38(31-22-26-33(40-2)27-23-31)41(37,3,4)34-18-12-7-13-19-34/h5-27,41H,1-4H3. The van der Waals surface area contributed by atoms with E-state index in [1.807, 2.05) is 0 Å². The minimum Gasteiger partial charge on any atom is -0.497 e. The molecule has 0 saturated heterocycles. The second-order valence-electron chi connectivity index (χ2n) is 11.1. The fraction of sp³-hybridized carbons (Fsp3) is 0.105. The van der Waals surface area contributed by atoms with E-state index in [9.17, 15) is 0 Å². The van der Waals surface area contributed by atoms with Crippen molar-refractivity contribution in [2.75, 3.05) is 26.7 Å². The molecule has 0 bridgehead atoms. The molecule has 2 nitrogen and oxygen atoms in total. The smallest absolute Gasteiger partial charge is 0.118 e. The van der Waals surface area contributed by atoms with E-state index in [0.29, 0.717) is 0 Å². The molecule has 0 spiro atoms. The summed E-state index contributed by atoms with van der Waals surface area (Å²) in [6.45, 7) is 0. The second-order valence-corrected chi connectivity index (χ2v) is 16.8. The van der Waals surface area contributed by atoms with E-state index in [-0.39, 0.29) is 0 Å². The summed E-state index contributed by atoms with van der Waals surface area (Å²) in [5, 5.41) is 0. The van der Waals surface area contributed by atoms with Crippen LogP contribution in [0.4, 0.5) is 0 Å². The zero-order valence-corrected chi connectivity index (χ0v) is 24.9. The van der Waals surface area contributed by atoms with Gasteiger partial charge in [0.15, 0.2) is 0 Å². The van der Waals surface area contributed by atoms with Crippen molar-refractivity contribution >= 4 is 30.1 Å². The lowest BCUT2D eigenvalue weighted by Crippen LogP contribution is -2.17. The molecule has 0 aliphatic carbocycles. The van der Waals surface area contributed by atoms with Crippen molar-refractivity contribution in [2.24, 2.45) is 0 Å². The molecule has 0 amide bonds. The van der Waals surface area contributed by atoms with Crippen molar-refractivity contribution in [2.45, 2.75) is 4.90 Å². The normalized spacial score (nSPS) is 16.6. The highest BCUT2D eigenvalue weighted by Crippen LogP contribution is 2.91. The maximum atomic E-state index is 5.58. The molecule has 1 heterocycles. The molecule has 0 atom stereocenters. The summed E-state index contributed by atoms with van der Waals surface area (Å²) in [6, 6.07) is 50.1. The maximum absolute atomic E-state index is 5.58. The molecule has 0 N–H and O–H groups in total. The Morgan fingerprint density at radius 2 is 0.732 bits per heavy atom. The molecule has 5 aromatic carbocycles. The summed E-state index contributed by atoms with van der Waals surface area (Å²) in [7, 11) is 0.343. The van der Waals surface area contributed by atoms with Gasteiger partial charge in [-0.2, -0.15) is 0 Å². The van der Waals surface area contributed by atoms with Crippen LogP contribution in [-0.4, -0.2) is 26.7 Å². The number of hydrogen-bond donors (Lipinski definition) is 1. The minimum absolute atomic E-state index is 0.854. The molecule has 1 aliphatic heterocycles. The zero-order chi connectivity index (χ0) is 28.5. The van der Waals surface area contributed by atoms with Crippen molar-refractivity contribution in [3.8, 4) is 11.5 Å². The molecule has 3 heteroatoms. The van der Waals surface area contributed by atoms with Gasteiger partial charge in [-0.25, -0.2) is 9.16 Å². The van der Waals surface area contributed by atoms with E-state index < -0.39 is 9.16 Å². The Labute approximate surface area is 243 Å². The highest BCUT2D eigenvalue weighted by molar-refractivity contribution is 8.62. The van der Waals surface area contributed by atoms with Crippen LogP contribution in [0.15, 0.2) is 144 Å². The van der Waals surface area contributed by atoms with E-state index >= 15 is 0 Å². The van der Waals surface area contributed by atoms with E-state index in [1.165, 1.54) is 48.1 Å². The van der Waals surface area contributed by atoms with Gasteiger partial charge in [-0.15, -0.1) is 0 Å². The summed E-state index contributed by atoms with van der Waals surface area (Å²) in [5.74, 6) is 1.71. The molecule has 6 rings (SSSR count). The van der Waals surface area contributed by atoms with Crippen LogP contribution in [0, 0.1) is 0 Å². The van der Waals surface area contributed by atoms with Gasteiger partial charge in [0.2, 0.25) is 0 Å². The van der Waals surface area contributed by atoms with Crippen molar-refractivity contribution in [1.29, 1.82) is 0 Å². The fourth-order valence-electron chi connectivity index (χ4n) is 6.49. The zero-order valence-electron chi connectivity index (χ0n) is 24.0. The van der Waals surface area contributed by atoms with Crippen LogP contribution in [0.2, 0.25) is 0 Å². The summed E-state index contributed by atoms with van der Waals surface area (Å²) in [6.07, 6.45) is 5.05. The molecular weight excluding hydrogens is 520 g/mol. The molecule has 41 heavy (non-hydrogen) atoms. The molecule has 206 valence electrons. The Kier molecular flexibility index (Phi) is 6.84. The average molecular weight is 557 g/mol. The first-order chi connectivity index (χ1) is 19.9. The van der Waals surface area contributed by atoms with Crippen molar-refractivity contribution < 1.29 is 9.47 Å². The Morgan fingerprint density at radius 1 is 0.390 bits per heavy atom. The predicted molar refractivity (Wildman–Crippen MR) is 178 cm³/mol. The van der Waals surface area contributed by atoms with Gasteiger partial charge in [-0.1, -0.05) is 115 Å². The van der Waals surface area contributed by atoms with Crippen LogP contribution in [-0.2, 0) is 0 Å². The third-order valence-electron chi connectivity index (χ3n) is 8.45. The van der Waals surface area contributed by atoms with Gasteiger partial charge in [0, 0.05) is 11.1 Å². The Morgan fingerprint density at radius 3 is 1.07 bits per heavy atom. The van der Waals surface area contributed by atoms with Gasteiger partial charge < -0.3 is 9.47 Å². The monoisotopic (exact) mass is 556 g/mol. The van der Waals surface area contributed by atoms with Gasteiger partial charge in [-0.3, -0.25) is 0 Å². The quantitative estimate of drug-likeness (QED) is 0.201. The third-order valence-corrected chi connectivity index (χ3v) is 13.9. The lowest BCUT2D eigenvalue weighted by atomic mass is 9.89. The summed E-state index contributed by atoms with van der Waals surface area (Å²) >= 11 is 0. The van der Waals surface area contributed by atoms with Gasteiger partial charge in [0.05, 0.1) is 14.2 Å². The van der Waals surface area contributed by atoms with Gasteiger partial charge in [0.1, 0.15) is 11.5 Å². The number of thiol groups is 1. The molecule has 0 fully saturated rings. The predicted octanol–water partition coefficient (Wildman–Crippen LogP) is 9.55. The number of benzene rings is 5. The molecule has 0 radical (unpaired) electrons. The van der Waals surface area contributed by atoms with E-state index in [1.54, 1.807) is 14.2 Å². The van der Waals surface area contributed by atoms with E-state index in [4.69, 9.17) is 9.47 Å². The van der Waals surface area contributed by atoms with Crippen LogP contribution in [0.3, 0.4) is 0 Å². The van der Waals surface area contributed by atoms with Crippen molar-refractivity contribution in [3.05, 3.63) is 162 Å². The van der Waals surface area contributed by atoms with Gasteiger partial charge in [0.25, 0.3) is 0 Å². The van der Waals surface area contributed by atoms with Gasteiger partial charge >= 0.3 is 0 Å². The average Bonchev–Trinajstić information content (AvgIpc) is 3.27. The minimum atomic E-state index is -3.10. The van der Waals surface area contributed by atoms with Crippen molar-refractivity contribution in [1.82, 2.24) is 0 Å². The van der Waals surface area contributed by atoms with Gasteiger partial charge in [-0.05, 0) is 73.7 Å². The highest BCUT2D eigenvalue weighted by atomic mass is 32.3. The Balaban J connectivity index is 1.83. The van der Waals surface area contributed by atoms with Crippen LogP contribution in [0.1, 0.15) is 22.3 Å². The fourth-order valence-corrected chi connectivity index (χ4v) is 12.0. The Bertz CT molecular complexity index is 1620. The Hall–Kier alpha value is -4.47. The largest absolute Gasteiger partial charge is 0.497 e. The summed E-state index contributed by atoms with van der Waals surface area (Å²) in [5.41, 5.74) is 7.45. The molecule has 5 aromatic rings. The third kappa shape index (κ3) is 4.38.